The lowest BCUT2D eigenvalue weighted by Crippen LogP contribution is -2.23. The summed E-state index contributed by atoms with van der Waals surface area (Å²) in [6.45, 7) is -1.80. The lowest BCUT2D eigenvalue weighted by Gasteiger charge is -2.15. The van der Waals surface area contributed by atoms with E-state index in [2.05, 4.69) is 0 Å². The number of hydrogen-bond donors (Lipinski definition) is 0. The molecule has 0 N–H and O–H groups in total. The molecule has 48 heavy (non-hydrogen) atoms. The summed E-state index contributed by atoms with van der Waals surface area (Å²) < 4.78 is 22.4. The molecule has 5 rings (SSSR count). The highest BCUT2D eigenvalue weighted by atomic mass is 16.6. The average molecular weight is 641 g/mol. The van der Waals surface area contributed by atoms with Crippen LogP contribution in [-0.2, 0) is 38.1 Å². The minimum absolute atomic E-state index is 0.0261. The number of carbonyl (C=O) groups excluding carboxylic acids is 4. The fraction of sp³-hybridized carbons (Fsp3) is 0.100. The second-order valence-electron chi connectivity index (χ2n) is 10.6. The van der Waals surface area contributed by atoms with Crippen molar-refractivity contribution in [3.05, 3.63) is 166 Å². The van der Waals surface area contributed by atoms with Gasteiger partial charge in [-0.25, -0.2) is 19.2 Å². The Hall–Kier alpha value is -6.28. The van der Waals surface area contributed by atoms with E-state index in [4.69, 9.17) is 18.9 Å². The molecule has 0 aromatic heterocycles. The molecule has 8 nitrogen and oxygen atoms in total. The first-order valence-electron chi connectivity index (χ1n) is 15.2. The quantitative estimate of drug-likeness (QED) is 0.141. The van der Waals surface area contributed by atoms with Gasteiger partial charge in [-0.3, -0.25) is 0 Å². The summed E-state index contributed by atoms with van der Waals surface area (Å²) in [5.74, 6) is -3.18. The van der Waals surface area contributed by atoms with Gasteiger partial charge in [-0.1, -0.05) is 121 Å². The van der Waals surface area contributed by atoms with Crippen molar-refractivity contribution in [2.24, 2.45) is 0 Å². The van der Waals surface area contributed by atoms with E-state index in [9.17, 15) is 19.2 Å². The second-order valence-corrected chi connectivity index (χ2v) is 10.6. The molecule has 1 saturated heterocycles. The second kappa shape index (κ2) is 16.9. The third-order valence-electron chi connectivity index (χ3n) is 7.05. The molecular weight excluding hydrogens is 608 g/mol. The first-order valence-corrected chi connectivity index (χ1v) is 15.2. The smallest absolute Gasteiger partial charge is 0.337 e. The van der Waals surface area contributed by atoms with Gasteiger partial charge in [0.25, 0.3) is 0 Å². The Kier molecular flexibility index (Phi) is 11.6. The van der Waals surface area contributed by atoms with E-state index in [-0.39, 0.29) is 22.3 Å². The van der Waals surface area contributed by atoms with E-state index in [1.807, 2.05) is 24.3 Å². The van der Waals surface area contributed by atoms with E-state index in [1.165, 1.54) is 0 Å². The van der Waals surface area contributed by atoms with E-state index in [0.717, 1.165) is 0 Å². The molecule has 0 saturated carbocycles. The van der Waals surface area contributed by atoms with Crippen LogP contribution in [0.1, 0.15) is 22.3 Å². The minimum Gasteiger partial charge on any atom is -0.457 e. The molecule has 0 unspecified atom stereocenters. The molecule has 1 heterocycles. The summed E-state index contributed by atoms with van der Waals surface area (Å²) in [5, 5.41) is 0. The van der Waals surface area contributed by atoms with Crippen molar-refractivity contribution in [3.63, 3.8) is 0 Å². The fourth-order valence-electron chi connectivity index (χ4n) is 4.58. The largest absolute Gasteiger partial charge is 0.457 e. The maximum atomic E-state index is 13.4. The van der Waals surface area contributed by atoms with Crippen molar-refractivity contribution in [2.45, 2.75) is 0 Å². The molecule has 4 aromatic carbocycles. The molecule has 240 valence electrons. The number of carbonyl (C=O) groups is 4. The SMILES string of the molecule is O=C1OC/C(=C\c2ccccc2)C(=O)OC/C(=C\c2ccccc2)C(=O)OC/C(=C/c2ccccc2)C(=O)OC/C1=C/c1ccccc1. The molecule has 0 amide bonds. The van der Waals surface area contributed by atoms with Crippen LogP contribution in [0.4, 0.5) is 0 Å². The van der Waals surface area contributed by atoms with Crippen molar-refractivity contribution in [1.82, 2.24) is 0 Å². The van der Waals surface area contributed by atoms with Crippen molar-refractivity contribution in [2.75, 3.05) is 26.4 Å². The Morgan fingerprint density at radius 2 is 0.500 bits per heavy atom. The van der Waals surface area contributed by atoms with Gasteiger partial charge in [0.05, 0.1) is 22.3 Å². The molecule has 0 spiro atoms. The molecule has 1 aliphatic heterocycles. The Balaban J connectivity index is 1.52. The molecule has 0 radical (unpaired) electrons. The van der Waals surface area contributed by atoms with Crippen molar-refractivity contribution < 1.29 is 38.1 Å². The van der Waals surface area contributed by atoms with Crippen LogP contribution in [0.2, 0.25) is 0 Å². The first kappa shape index (κ1) is 33.1. The van der Waals surface area contributed by atoms with Crippen LogP contribution in [0.15, 0.2) is 144 Å². The lowest BCUT2D eigenvalue weighted by molar-refractivity contribution is -0.144. The van der Waals surface area contributed by atoms with E-state index in [0.29, 0.717) is 22.3 Å². The average Bonchev–Trinajstić information content (AvgIpc) is 3.12. The van der Waals surface area contributed by atoms with Gasteiger partial charge in [0.15, 0.2) is 0 Å². The zero-order chi connectivity index (χ0) is 33.6. The molecular formula is C40H32O8. The number of hydrogen-bond acceptors (Lipinski definition) is 8. The van der Waals surface area contributed by atoms with Crippen molar-refractivity contribution in [1.29, 1.82) is 0 Å². The third kappa shape index (κ3) is 9.86. The number of ether oxygens (including phenoxy) is 4. The molecule has 0 atom stereocenters. The maximum absolute atomic E-state index is 13.4. The van der Waals surface area contributed by atoms with E-state index >= 15 is 0 Å². The van der Waals surface area contributed by atoms with Crippen LogP contribution < -0.4 is 0 Å². The normalized spacial score (nSPS) is 18.7. The maximum Gasteiger partial charge on any atom is 0.337 e. The zero-order valence-corrected chi connectivity index (χ0v) is 26.0. The van der Waals surface area contributed by atoms with Crippen LogP contribution in [0.5, 0.6) is 0 Å². The van der Waals surface area contributed by atoms with Crippen LogP contribution in [0.3, 0.4) is 0 Å². The highest BCUT2D eigenvalue weighted by molar-refractivity contribution is 6.00. The summed E-state index contributed by atoms with van der Waals surface area (Å²) in [6.07, 6.45) is 6.16. The molecule has 0 bridgehead atoms. The summed E-state index contributed by atoms with van der Waals surface area (Å²) in [4.78, 5) is 53.8. The summed E-state index contributed by atoms with van der Waals surface area (Å²) in [6, 6.07) is 35.9. The highest BCUT2D eigenvalue weighted by Gasteiger charge is 2.23. The van der Waals surface area contributed by atoms with E-state index in [1.54, 1.807) is 121 Å². The molecule has 0 aliphatic carbocycles. The van der Waals surface area contributed by atoms with Gasteiger partial charge in [-0.05, 0) is 46.6 Å². The molecule has 1 fully saturated rings. The van der Waals surface area contributed by atoms with Gasteiger partial charge in [0.2, 0.25) is 0 Å². The third-order valence-corrected chi connectivity index (χ3v) is 7.05. The van der Waals surface area contributed by atoms with Gasteiger partial charge in [-0.15, -0.1) is 0 Å². The number of benzene rings is 4. The predicted molar refractivity (Wildman–Crippen MR) is 182 cm³/mol. The van der Waals surface area contributed by atoms with Crippen molar-refractivity contribution >= 4 is 48.2 Å². The summed E-state index contributed by atoms with van der Waals surface area (Å²) in [7, 11) is 0. The Morgan fingerprint density at radius 3 is 0.688 bits per heavy atom. The minimum atomic E-state index is -0.796. The number of esters is 4. The standard InChI is InChI=1S/C40H32O8/c41-37-33(21-29-13-5-1-6-14-29)25-45-38(42)35(23-31-17-9-3-10-18-31)27-47-40(44)36(24-32-19-11-4-12-20-32)28-48-39(43)34(26-46-37)22-30-15-7-2-8-16-30/h1-24H,25-28H2/b33-21-,34-22-,35-23+,36-24+. The Morgan fingerprint density at radius 1 is 0.312 bits per heavy atom. The van der Waals surface area contributed by atoms with Crippen LogP contribution in [0.25, 0.3) is 24.3 Å². The molecule has 4 aromatic rings. The van der Waals surface area contributed by atoms with E-state index < -0.39 is 50.3 Å². The molecule has 8 heteroatoms. The topological polar surface area (TPSA) is 105 Å². The first-order chi connectivity index (χ1) is 23.4. The van der Waals surface area contributed by atoms with Gasteiger partial charge < -0.3 is 18.9 Å². The van der Waals surface area contributed by atoms with Gasteiger partial charge >= 0.3 is 23.9 Å². The van der Waals surface area contributed by atoms with Crippen LogP contribution >= 0.6 is 0 Å². The highest BCUT2D eigenvalue weighted by Crippen LogP contribution is 2.18. The number of rotatable bonds is 4. The Labute approximate surface area is 278 Å². The fourth-order valence-corrected chi connectivity index (χ4v) is 4.58. The van der Waals surface area contributed by atoms with Gasteiger partial charge in [0.1, 0.15) is 26.4 Å². The summed E-state index contributed by atoms with van der Waals surface area (Å²) in [5.41, 5.74) is 2.78. The van der Waals surface area contributed by atoms with Crippen LogP contribution in [-0.4, -0.2) is 50.3 Å². The lowest BCUT2D eigenvalue weighted by atomic mass is 10.1. The summed E-state index contributed by atoms with van der Waals surface area (Å²) >= 11 is 0. The monoisotopic (exact) mass is 640 g/mol. The molecule has 1 aliphatic rings. The Bertz CT molecular complexity index is 1580. The van der Waals surface area contributed by atoms with Crippen molar-refractivity contribution in [3.8, 4) is 0 Å². The van der Waals surface area contributed by atoms with Gasteiger partial charge in [-0.2, -0.15) is 0 Å². The zero-order valence-electron chi connectivity index (χ0n) is 26.0. The van der Waals surface area contributed by atoms with Crippen LogP contribution in [0, 0.1) is 0 Å². The predicted octanol–water partition coefficient (Wildman–Crippen LogP) is 6.51. The number of cyclic esters (lactones) is 4. The van der Waals surface area contributed by atoms with Gasteiger partial charge in [0, 0.05) is 0 Å².